The second-order valence-electron chi connectivity index (χ2n) is 5.21. The molecule has 0 bridgehead atoms. The highest BCUT2D eigenvalue weighted by atomic mass is 16.5. The summed E-state index contributed by atoms with van der Waals surface area (Å²) in [7, 11) is 0. The maximum absolute atomic E-state index is 12.4. The Balaban J connectivity index is 2.76. The van der Waals surface area contributed by atoms with Gasteiger partial charge < -0.3 is 15.4 Å². The number of esters is 1. The third-order valence-corrected chi connectivity index (χ3v) is 3.89. The van der Waals surface area contributed by atoms with Gasteiger partial charge in [0.05, 0.1) is 12.6 Å². The van der Waals surface area contributed by atoms with E-state index in [0.29, 0.717) is 19.6 Å². The smallest absolute Gasteiger partial charge is 0.328 e. The Morgan fingerprint density at radius 1 is 1.37 bits per heavy atom. The number of rotatable bonds is 5. The first kappa shape index (κ1) is 16.0. The molecular formula is C14H26N2O3. The van der Waals surface area contributed by atoms with Gasteiger partial charge in [-0.1, -0.05) is 20.3 Å². The van der Waals surface area contributed by atoms with Crippen molar-refractivity contribution in [2.45, 2.75) is 58.5 Å². The van der Waals surface area contributed by atoms with Crippen molar-refractivity contribution in [3.63, 3.8) is 0 Å². The van der Waals surface area contributed by atoms with Gasteiger partial charge in [0.2, 0.25) is 5.91 Å². The molecule has 1 rings (SSSR count). The van der Waals surface area contributed by atoms with Crippen LogP contribution in [0.15, 0.2) is 0 Å². The van der Waals surface area contributed by atoms with E-state index in [2.05, 4.69) is 0 Å². The number of hydrogen-bond donors (Lipinski definition) is 1. The molecule has 0 aromatic heterocycles. The molecule has 0 aliphatic carbocycles. The number of nitrogens with zero attached hydrogens (tertiary/aromatic N) is 1. The summed E-state index contributed by atoms with van der Waals surface area (Å²) in [4.78, 5) is 26.0. The van der Waals surface area contributed by atoms with Crippen molar-refractivity contribution in [1.82, 2.24) is 4.90 Å². The topological polar surface area (TPSA) is 72.6 Å². The molecular weight excluding hydrogens is 244 g/mol. The molecule has 0 aromatic carbocycles. The largest absolute Gasteiger partial charge is 0.464 e. The van der Waals surface area contributed by atoms with Gasteiger partial charge in [-0.2, -0.15) is 0 Å². The van der Waals surface area contributed by atoms with Crippen LogP contribution in [0, 0.1) is 5.92 Å². The molecule has 1 amide bonds. The zero-order valence-electron chi connectivity index (χ0n) is 12.2. The molecule has 1 fully saturated rings. The van der Waals surface area contributed by atoms with E-state index in [1.54, 1.807) is 11.8 Å². The highest BCUT2D eigenvalue weighted by Crippen LogP contribution is 2.20. The van der Waals surface area contributed by atoms with Gasteiger partial charge in [0, 0.05) is 6.54 Å². The molecule has 0 spiro atoms. The number of carbonyl (C=O) groups is 2. The molecule has 2 N–H and O–H groups in total. The fraction of sp³-hybridized carbons (Fsp3) is 0.857. The summed E-state index contributed by atoms with van der Waals surface area (Å²) in [5, 5.41) is 0. The third kappa shape index (κ3) is 3.93. The van der Waals surface area contributed by atoms with Gasteiger partial charge in [0.1, 0.15) is 6.04 Å². The van der Waals surface area contributed by atoms with E-state index in [1.165, 1.54) is 0 Å². The van der Waals surface area contributed by atoms with E-state index in [4.69, 9.17) is 10.5 Å². The maximum atomic E-state index is 12.4. The molecule has 5 nitrogen and oxygen atoms in total. The lowest BCUT2D eigenvalue weighted by Gasteiger charge is -2.36. The number of piperidine rings is 1. The minimum atomic E-state index is -0.528. The van der Waals surface area contributed by atoms with Crippen LogP contribution in [0.25, 0.3) is 0 Å². The lowest BCUT2D eigenvalue weighted by molar-refractivity contribution is -0.157. The molecule has 0 saturated carbocycles. The predicted molar refractivity (Wildman–Crippen MR) is 73.4 cm³/mol. The third-order valence-electron chi connectivity index (χ3n) is 3.89. The van der Waals surface area contributed by atoms with Gasteiger partial charge in [0.25, 0.3) is 0 Å². The van der Waals surface area contributed by atoms with Gasteiger partial charge in [-0.05, 0) is 32.1 Å². The highest BCUT2D eigenvalue weighted by molar-refractivity contribution is 5.87. The lowest BCUT2D eigenvalue weighted by atomic mass is 9.95. The van der Waals surface area contributed by atoms with Gasteiger partial charge in [-0.25, -0.2) is 4.79 Å². The van der Waals surface area contributed by atoms with Crippen LogP contribution in [0.2, 0.25) is 0 Å². The summed E-state index contributed by atoms with van der Waals surface area (Å²) in [6, 6.07) is -0.976. The molecule has 3 unspecified atom stereocenters. The maximum Gasteiger partial charge on any atom is 0.328 e. The Bertz CT molecular complexity index is 320. The molecule has 110 valence electrons. The molecule has 1 aliphatic rings. The second-order valence-corrected chi connectivity index (χ2v) is 5.21. The summed E-state index contributed by atoms with van der Waals surface area (Å²) in [5.74, 6) is -0.295. The quantitative estimate of drug-likeness (QED) is 0.764. The summed E-state index contributed by atoms with van der Waals surface area (Å²) in [6.07, 6.45) is 3.41. The average Bonchev–Trinajstić information content (AvgIpc) is 2.45. The van der Waals surface area contributed by atoms with E-state index in [9.17, 15) is 9.59 Å². The van der Waals surface area contributed by atoms with Crippen molar-refractivity contribution in [3.8, 4) is 0 Å². The first-order chi connectivity index (χ1) is 9.02. The Kier molecular flexibility index (Phi) is 6.28. The fourth-order valence-corrected chi connectivity index (χ4v) is 2.37. The number of likely N-dealkylation sites (tertiary alicyclic amines) is 1. The van der Waals surface area contributed by atoms with Crippen LogP contribution in [-0.4, -0.2) is 42.0 Å². The van der Waals surface area contributed by atoms with Crippen molar-refractivity contribution in [3.05, 3.63) is 0 Å². The van der Waals surface area contributed by atoms with Gasteiger partial charge in [-0.15, -0.1) is 0 Å². The molecule has 0 aromatic rings. The van der Waals surface area contributed by atoms with Crippen LogP contribution in [-0.2, 0) is 14.3 Å². The zero-order valence-corrected chi connectivity index (χ0v) is 12.2. The Hall–Kier alpha value is -1.10. The van der Waals surface area contributed by atoms with E-state index < -0.39 is 12.1 Å². The second kappa shape index (κ2) is 7.48. The van der Waals surface area contributed by atoms with Gasteiger partial charge in [0.15, 0.2) is 0 Å². The number of carbonyl (C=O) groups excluding carboxylic acids is 2. The number of amides is 1. The Morgan fingerprint density at radius 3 is 2.63 bits per heavy atom. The normalized spacial score (nSPS) is 22.7. The van der Waals surface area contributed by atoms with Gasteiger partial charge >= 0.3 is 5.97 Å². The van der Waals surface area contributed by atoms with Gasteiger partial charge in [-0.3, -0.25) is 4.79 Å². The minimum absolute atomic E-state index is 0.118. The van der Waals surface area contributed by atoms with Crippen molar-refractivity contribution < 1.29 is 14.3 Å². The van der Waals surface area contributed by atoms with Crippen molar-refractivity contribution in [2.24, 2.45) is 11.7 Å². The zero-order chi connectivity index (χ0) is 14.4. The van der Waals surface area contributed by atoms with Crippen LogP contribution in [0.1, 0.15) is 46.5 Å². The van der Waals surface area contributed by atoms with Crippen LogP contribution in [0.3, 0.4) is 0 Å². The van der Waals surface area contributed by atoms with Crippen LogP contribution in [0.4, 0.5) is 0 Å². The van der Waals surface area contributed by atoms with E-state index in [1.807, 2.05) is 13.8 Å². The first-order valence-electron chi connectivity index (χ1n) is 7.25. The van der Waals surface area contributed by atoms with E-state index in [0.717, 1.165) is 19.3 Å². The summed E-state index contributed by atoms with van der Waals surface area (Å²) >= 11 is 0. The minimum Gasteiger partial charge on any atom is -0.464 e. The summed E-state index contributed by atoms with van der Waals surface area (Å²) < 4.78 is 5.05. The van der Waals surface area contributed by atoms with Crippen LogP contribution in [0.5, 0.6) is 0 Å². The lowest BCUT2D eigenvalue weighted by Crippen LogP contribution is -2.55. The molecule has 1 aliphatic heterocycles. The SMILES string of the molecule is CCOC(=O)C1CCCCN1C(=O)C(N)C(C)CC. The first-order valence-corrected chi connectivity index (χ1v) is 7.25. The average molecular weight is 270 g/mol. The molecule has 19 heavy (non-hydrogen) atoms. The van der Waals surface area contributed by atoms with Crippen molar-refractivity contribution in [1.29, 1.82) is 0 Å². The summed E-state index contributed by atoms with van der Waals surface area (Å²) in [5.41, 5.74) is 6.00. The predicted octanol–water partition coefficient (Wildman–Crippen LogP) is 1.30. The van der Waals surface area contributed by atoms with E-state index in [-0.39, 0.29) is 17.8 Å². The number of nitrogens with two attached hydrogens (primary N) is 1. The summed E-state index contributed by atoms with van der Waals surface area (Å²) in [6.45, 7) is 6.70. The molecule has 1 heterocycles. The molecule has 1 saturated heterocycles. The monoisotopic (exact) mass is 270 g/mol. The van der Waals surface area contributed by atoms with Crippen LogP contribution >= 0.6 is 0 Å². The molecule has 5 heteroatoms. The fourth-order valence-electron chi connectivity index (χ4n) is 2.37. The molecule has 3 atom stereocenters. The van der Waals surface area contributed by atoms with Crippen molar-refractivity contribution in [2.75, 3.05) is 13.2 Å². The molecule has 0 radical (unpaired) electrons. The Labute approximate surface area is 115 Å². The highest BCUT2D eigenvalue weighted by Gasteiger charge is 2.36. The standard InChI is InChI=1S/C14H26N2O3/c1-4-10(3)12(15)13(17)16-9-7-6-8-11(16)14(18)19-5-2/h10-12H,4-9,15H2,1-3H3. The van der Waals surface area contributed by atoms with E-state index >= 15 is 0 Å². The number of hydrogen-bond acceptors (Lipinski definition) is 4. The van der Waals surface area contributed by atoms with Crippen molar-refractivity contribution >= 4 is 11.9 Å². The van der Waals surface area contributed by atoms with Crippen LogP contribution < -0.4 is 5.73 Å². The number of ether oxygens (including phenoxy) is 1. The Morgan fingerprint density at radius 2 is 2.05 bits per heavy atom.